The van der Waals surface area contributed by atoms with Crippen molar-refractivity contribution in [2.45, 2.75) is 95.4 Å². The third-order valence-electron chi connectivity index (χ3n) is 10.9. The standard InChI is InChI=1S/C35H47N3O4/c1-23-31(21-38-13-3-2-4-14-38)41-33(42-32(23)28-7-5-24(22-39)6-8-28)29-9-11-30(12-10-29)36-34(40)37-35-18-25-15-26(19-35)17-27(16-25)20-35/h5-12,23,25-27,31-33,39H,2-4,13-22H2,1H3,(H2,36,37,40). The molecule has 4 bridgehead atoms. The minimum atomic E-state index is -0.492. The molecule has 42 heavy (non-hydrogen) atoms. The van der Waals surface area contributed by atoms with Crippen LogP contribution in [0.15, 0.2) is 48.5 Å². The Bertz CT molecular complexity index is 1190. The third kappa shape index (κ3) is 5.99. The van der Waals surface area contributed by atoms with E-state index in [1.807, 2.05) is 36.4 Å². The molecule has 7 nitrogen and oxygen atoms in total. The normalized spacial score (nSPS) is 36.1. The number of hydrogen-bond donors (Lipinski definition) is 3. The molecule has 8 rings (SSSR count). The molecule has 2 aromatic carbocycles. The quantitative estimate of drug-likeness (QED) is 0.350. The summed E-state index contributed by atoms with van der Waals surface area (Å²) in [6.07, 6.45) is 10.7. The predicted molar refractivity (Wildman–Crippen MR) is 163 cm³/mol. The number of amides is 2. The highest BCUT2D eigenvalue weighted by atomic mass is 16.7. The fourth-order valence-electron chi connectivity index (χ4n) is 9.12. The van der Waals surface area contributed by atoms with Crippen molar-refractivity contribution in [2.24, 2.45) is 23.7 Å². The van der Waals surface area contributed by atoms with Crippen LogP contribution < -0.4 is 10.6 Å². The number of nitrogens with zero attached hydrogens (tertiary/aromatic N) is 1. The Morgan fingerprint density at radius 1 is 0.881 bits per heavy atom. The molecule has 226 valence electrons. The number of benzene rings is 2. The van der Waals surface area contributed by atoms with Crippen molar-refractivity contribution in [3.63, 3.8) is 0 Å². The Morgan fingerprint density at radius 2 is 1.50 bits per heavy atom. The lowest BCUT2D eigenvalue weighted by molar-refractivity contribution is -0.276. The van der Waals surface area contributed by atoms with Crippen molar-refractivity contribution in [2.75, 3.05) is 25.0 Å². The molecule has 4 saturated carbocycles. The van der Waals surface area contributed by atoms with E-state index in [9.17, 15) is 9.90 Å². The molecular weight excluding hydrogens is 526 g/mol. The molecule has 4 unspecified atom stereocenters. The van der Waals surface area contributed by atoms with Gasteiger partial charge in [-0.1, -0.05) is 49.7 Å². The summed E-state index contributed by atoms with van der Waals surface area (Å²) in [6.45, 7) is 5.41. The van der Waals surface area contributed by atoms with Gasteiger partial charge in [0, 0.05) is 29.3 Å². The number of hydrogen-bond acceptors (Lipinski definition) is 5. The lowest BCUT2D eigenvalue weighted by Gasteiger charge is -2.56. The number of likely N-dealkylation sites (tertiary alicyclic amines) is 1. The highest BCUT2D eigenvalue weighted by Crippen LogP contribution is 2.55. The maximum atomic E-state index is 13.1. The van der Waals surface area contributed by atoms with E-state index in [1.54, 1.807) is 0 Å². The summed E-state index contributed by atoms with van der Waals surface area (Å²) >= 11 is 0. The van der Waals surface area contributed by atoms with Crippen LogP contribution in [0.25, 0.3) is 0 Å². The third-order valence-corrected chi connectivity index (χ3v) is 10.9. The van der Waals surface area contributed by atoms with Crippen LogP contribution >= 0.6 is 0 Å². The van der Waals surface area contributed by atoms with Crippen LogP contribution in [0, 0.1) is 23.7 Å². The molecule has 4 atom stereocenters. The molecule has 2 heterocycles. The first-order valence-electron chi connectivity index (χ1n) is 16.4. The van der Waals surface area contributed by atoms with Crippen molar-refractivity contribution in [3.8, 4) is 0 Å². The molecule has 0 radical (unpaired) electrons. The zero-order valence-corrected chi connectivity index (χ0v) is 25.0. The van der Waals surface area contributed by atoms with Crippen molar-refractivity contribution >= 4 is 11.7 Å². The van der Waals surface area contributed by atoms with Crippen LogP contribution in [0.5, 0.6) is 0 Å². The zero-order valence-electron chi connectivity index (χ0n) is 25.0. The fraction of sp³-hybridized carbons (Fsp3) is 0.629. The van der Waals surface area contributed by atoms with E-state index in [4.69, 9.17) is 9.47 Å². The molecule has 0 aromatic heterocycles. The maximum Gasteiger partial charge on any atom is 0.319 e. The summed E-state index contributed by atoms with van der Waals surface area (Å²) in [5.74, 6) is 2.56. The van der Waals surface area contributed by atoms with Crippen LogP contribution in [0.1, 0.15) is 93.8 Å². The number of aliphatic hydroxyl groups is 1. The number of nitrogens with one attached hydrogen (secondary N) is 2. The van der Waals surface area contributed by atoms with E-state index >= 15 is 0 Å². The van der Waals surface area contributed by atoms with Gasteiger partial charge in [-0.2, -0.15) is 0 Å². The summed E-state index contributed by atoms with van der Waals surface area (Å²) in [5, 5.41) is 16.0. The largest absolute Gasteiger partial charge is 0.392 e. The molecule has 0 spiro atoms. The molecule has 3 N–H and O–H groups in total. The zero-order chi connectivity index (χ0) is 28.7. The van der Waals surface area contributed by atoms with Crippen LogP contribution in [-0.4, -0.2) is 47.3 Å². The van der Waals surface area contributed by atoms with E-state index in [0.29, 0.717) is 0 Å². The topological polar surface area (TPSA) is 83.1 Å². The molecule has 6 aliphatic rings. The second-order valence-corrected chi connectivity index (χ2v) is 14.1. The van der Waals surface area contributed by atoms with Crippen LogP contribution in [0.2, 0.25) is 0 Å². The number of anilines is 1. The number of urea groups is 1. The van der Waals surface area contributed by atoms with Gasteiger partial charge in [0.2, 0.25) is 0 Å². The summed E-state index contributed by atoms with van der Waals surface area (Å²) < 4.78 is 13.3. The van der Waals surface area contributed by atoms with Crippen molar-refractivity contribution < 1.29 is 19.4 Å². The van der Waals surface area contributed by atoms with Crippen molar-refractivity contribution in [1.82, 2.24) is 10.2 Å². The minimum Gasteiger partial charge on any atom is -0.392 e. The molecule has 7 heteroatoms. The number of ether oxygens (including phenoxy) is 2. The first-order chi connectivity index (χ1) is 20.4. The van der Waals surface area contributed by atoms with E-state index in [-0.39, 0.29) is 36.3 Å². The van der Waals surface area contributed by atoms with Crippen molar-refractivity contribution in [3.05, 3.63) is 65.2 Å². The minimum absolute atomic E-state index is 0.00694. The molecule has 2 aliphatic heterocycles. The number of rotatable bonds is 7. The first kappa shape index (κ1) is 28.3. The Balaban J connectivity index is 1.04. The van der Waals surface area contributed by atoms with Crippen LogP contribution in [-0.2, 0) is 16.1 Å². The predicted octanol–water partition coefficient (Wildman–Crippen LogP) is 6.55. The first-order valence-corrected chi connectivity index (χ1v) is 16.4. The second-order valence-electron chi connectivity index (χ2n) is 14.1. The molecular formula is C35H47N3O4. The van der Waals surface area contributed by atoms with Gasteiger partial charge in [0.15, 0.2) is 6.29 Å². The van der Waals surface area contributed by atoms with E-state index in [1.165, 1.54) is 38.5 Å². The Kier molecular flexibility index (Phi) is 8.03. The second kappa shape index (κ2) is 11.9. The Morgan fingerprint density at radius 3 is 2.12 bits per heavy atom. The summed E-state index contributed by atoms with van der Waals surface area (Å²) in [6, 6.07) is 16.0. The number of carbonyl (C=O) groups is 1. The molecule has 2 amide bonds. The number of carbonyl (C=O) groups excluding carboxylic acids is 1. The van der Waals surface area contributed by atoms with E-state index < -0.39 is 6.29 Å². The van der Waals surface area contributed by atoms with Gasteiger partial charge < -0.3 is 30.1 Å². The fourth-order valence-corrected chi connectivity index (χ4v) is 9.12. The Hall–Kier alpha value is -2.45. The molecule has 4 aliphatic carbocycles. The highest BCUT2D eigenvalue weighted by Gasteiger charge is 2.51. The lowest BCUT2D eigenvalue weighted by atomic mass is 9.53. The SMILES string of the molecule is CC1C(CN2CCCCC2)OC(c2ccc(NC(=O)NC34CC5CC(CC(C5)C3)C4)cc2)OC1c1ccc(CO)cc1. The molecule has 2 saturated heterocycles. The smallest absolute Gasteiger partial charge is 0.319 e. The maximum absolute atomic E-state index is 13.1. The van der Waals surface area contributed by atoms with Gasteiger partial charge >= 0.3 is 6.03 Å². The van der Waals surface area contributed by atoms with E-state index in [2.05, 4.69) is 34.6 Å². The van der Waals surface area contributed by atoms with Gasteiger partial charge in [-0.25, -0.2) is 4.79 Å². The summed E-state index contributed by atoms with van der Waals surface area (Å²) in [7, 11) is 0. The molecule has 6 fully saturated rings. The monoisotopic (exact) mass is 573 g/mol. The highest BCUT2D eigenvalue weighted by molar-refractivity contribution is 5.89. The van der Waals surface area contributed by atoms with Gasteiger partial charge in [0.05, 0.1) is 18.8 Å². The van der Waals surface area contributed by atoms with Gasteiger partial charge in [0.25, 0.3) is 0 Å². The summed E-state index contributed by atoms with van der Waals surface area (Å²) in [4.78, 5) is 15.6. The van der Waals surface area contributed by atoms with Gasteiger partial charge in [-0.15, -0.1) is 0 Å². The summed E-state index contributed by atoms with van der Waals surface area (Å²) in [5.41, 5.74) is 3.74. The van der Waals surface area contributed by atoms with Crippen LogP contribution in [0.4, 0.5) is 10.5 Å². The van der Waals surface area contributed by atoms with Crippen molar-refractivity contribution in [1.29, 1.82) is 0 Å². The van der Waals surface area contributed by atoms with E-state index in [0.717, 1.165) is 79.0 Å². The number of piperidine rings is 1. The average Bonchev–Trinajstić information content (AvgIpc) is 2.98. The average molecular weight is 574 g/mol. The lowest BCUT2D eigenvalue weighted by Crippen LogP contribution is -2.60. The van der Waals surface area contributed by atoms with Gasteiger partial charge in [-0.3, -0.25) is 0 Å². The van der Waals surface area contributed by atoms with Gasteiger partial charge in [0.1, 0.15) is 0 Å². The Labute approximate surface area is 250 Å². The molecule has 2 aromatic rings. The van der Waals surface area contributed by atoms with Gasteiger partial charge in [-0.05, 0) is 105 Å². The number of aliphatic hydroxyl groups excluding tert-OH is 1. The van der Waals surface area contributed by atoms with Crippen LogP contribution in [0.3, 0.4) is 0 Å².